The van der Waals surface area contributed by atoms with Gasteiger partial charge in [0.05, 0.1) is 6.04 Å². The average Bonchev–Trinajstić information content (AvgIpc) is 2.94. The predicted octanol–water partition coefficient (Wildman–Crippen LogP) is 3.05. The third-order valence-corrected chi connectivity index (χ3v) is 3.96. The van der Waals surface area contributed by atoms with E-state index in [4.69, 9.17) is 11.6 Å². The summed E-state index contributed by atoms with van der Waals surface area (Å²) >= 11 is 6.02. The molecule has 0 aliphatic carbocycles. The number of rotatable bonds is 2. The highest BCUT2D eigenvalue weighted by atomic mass is 35.5. The Labute approximate surface area is 123 Å². The van der Waals surface area contributed by atoms with Crippen molar-refractivity contribution in [3.8, 4) is 0 Å². The first-order valence-electron chi connectivity index (χ1n) is 6.83. The van der Waals surface area contributed by atoms with Crippen LogP contribution in [0.2, 0.25) is 0 Å². The van der Waals surface area contributed by atoms with Crippen LogP contribution in [0.25, 0.3) is 0 Å². The summed E-state index contributed by atoms with van der Waals surface area (Å²) in [5, 5.41) is -0.497. The molecule has 1 aromatic heterocycles. The molecule has 20 heavy (non-hydrogen) atoms. The van der Waals surface area contributed by atoms with Gasteiger partial charge >= 0.3 is 0 Å². The molecule has 0 radical (unpaired) electrons. The van der Waals surface area contributed by atoms with Gasteiger partial charge in [-0.1, -0.05) is 30.3 Å². The Bertz CT molecular complexity index is 606. The van der Waals surface area contributed by atoms with Gasteiger partial charge in [-0.3, -0.25) is 4.79 Å². The summed E-state index contributed by atoms with van der Waals surface area (Å²) in [5.41, 5.74) is 2.27. The van der Waals surface area contributed by atoms with Crippen molar-refractivity contribution in [1.29, 1.82) is 0 Å². The van der Waals surface area contributed by atoms with Gasteiger partial charge in [-0.25, -0.2) is 0 Å². The number of aromatic nitrogens is 1. The van der Waals surface area contributed by atoms with E-state index in [2.05, 4.69) is 29.0 Å². The zero-order chi connectivity index (χ0) is 14.1. The van der Waals surface area contributed by atoms with Crippen LogP contribution < -0.4 is 0 Å². The highest BCUT2D eigenvalue weighted by Gasteiger charge is 2.33. The lowest BCUT2D eigenvalue weighted by atomic mass is 9.99. The first-order chi connectivity index (χ1) is 9.68. The van der Waals surface area contributed by atoms with Gasteiger partial charge in [-0.05, 0) is 24.6 Å². The van der Waals surface area contributed by atoms with Crippen molar-refractivity contribution in [3.05, 3.63) is 59.9 Å². The molecule has 0 N–H and O–H groups in total. The minimum atomic E-state index is -0.497. The van der Waals surface area contributed by atoms with Crippen LogP contribution in [0.4, 0.5) is 0 Å². The molecule has 3 nitrogen and oxygen atoms in total. The molecule has 3 rings (SSSR count). The van der Waals surface area contributed by atoms with Gasteiger partial charge < -0.3 is 9.47 Å². The van der Waals surface area contributed by atoms with Crippen molar-refractivity contribution in [2.75, 3.05) is 6.54 Å². The number of alkyl halides is 1. The second kappa shape index (κ2) is 5.33. The molecular formula is C16H17ClN2O. The minimum absolute atomic E-state index is 0.00651. The highest BCUT2D eigenvalue weighted by molar-refractivity contribution is 6.30. The zero-order valence-corrected chi connectivity index (χ0v) is 12.1. The van der Waals surface area contributed by atoms with Crippen molar-refractivity contribution in [2.45, 2.75) is 24.9 Å². The summed E-state index contributed by atoms with van der Waals surface area (Å²) in [6.07, 6.45) is 2.07. The van der Waals surface area contributed by atoms with E-state index in [1.165, 1.54) is 0 Å². The quantitative estimate of drug-likeness (QED) is 0.780. The van der Waals surface area contributed by atoms with Crippen molar-refractivity contribution in [1.82, 2.24) is 9.47 Å². The number of halogens is 1. The molecule has 1 amide bonds. The summed E-state index contributed by atoms with van der Waals surface area (Å²) < 4.78 is 2.21. The molecule has 104 valence electrons. The molecule has 1 aliphatic heterocycles. The Balaban J connectivity index is 2.06. The molecule has 0 fully saturated rings. The summed E-state index contributed by atoms with van der Waals surface area (Å²) in [6.45, 7) is 3.25. The Morgan fingerprint density at radius 1 is 1.20 bits per heavy atom. The molecule has 1 aliphatic rings. The monoisotopic (exact) mass is 288 g/mol. The van der Waals surface area contributed by atoms with E-state index in [9.17, 15) is 4.79 Å². The second-order valence-corrected chi connectivity index (χ2v) is 5.74. The van der Waals surface area contributed by atoms with Crippen LogP contribution in [-0.2, 0) is 11.3 Å². The third-order valence-electron chi connectivity index (χ3n) is 3.78. The normalized spacial score (nSPS) is 19.5. The number of carbonyl (C=O) groups is 1. The molecule has 0 saturated carbocycles. The number of hydrogen-bond donors (Lipinski definition) is 0. The van der Waals surface area contributed by atoms with E-state index in [-0.39, 0.29) is 11.9 Å². The SMILES string of the molecule is CC(Cl)C(=O)N1CCn2cccc2C1c1ccccc1. The average molecular weight is 289 g/mol. The molecule has 2 aromatic rings. The van der Waals surface area contributed by atoms with E-state index >= 15 is 0 Å². The number of carbonyl (C=O) groups excluding carboxylic acids is 1. The Hall–Kier alpha value is -1.74. The van der Waals surface area contributed by atoms with Crippen molar-refractivity contribution in [2.24, 2.45) is 0 Å². The Morgan fingerprint density at radius 2 is 1.95 bits per heavy atom. The van der Waals surface area contributed by atoms with E-state index in [1.54, 1.807) is 6.92 Å². The Morgan fingerprint density at radius 3 is 2.65 bits per heavy atom. The number of fused-ring (bicyclic) bond motifs is 1. The van der Waals surface area contributed by atoms with Crippen LogP contribution in [0.3, 0.4) is 0 Å². The molecule has 2 atom stereocenters. The van der Waals surface area contributed by atoms with Gasteiger partial charge in [0.15, 0.2) is 0 Å². The number of benzene rings is 1. The van der Waals surface area contributed by atoms with E-state index < -0.39 is 5.38 Å². The van der Waals surface area contributed by atoms with E-state index in [0.717, 1.165) is 17.8 Å². The van der Waals surface area contributed by atoms with Crippen molar-refractivity contribution in [3.63, 3.8) is 0 Å². The highest BCUT2D eigenvalue weighted by Crippen LogP contribution is 2.33. The number of nitrogens with zero attached hydrogens (tertiary/aromatic N) is 2. The molecule has 0 saturated heterocycles. The number of amides is 1. The molecule has 4 heteroatoms. The first kappa shape index (κ1) is 13.3. The lowest BCUT2D eigenvalue weighted by Crippen LogP contribution is -2.44. The van der Waals surface area contributed by atoms with E-state index in [1.807, 2.05) is 29.2 Å². The molecule has 2 heterocycles. The summed E-state index contributed by atoms with van der Waals surface area (Å²) in [5.74, 6) is -0.00651. The maximum Gasteiger partial charge on any atom is 0.241 e. The number of hydrogen-bond acceptors (Lipinski definition) is 1. The van der Waals surface area contributed by atoms with Crippen LogP contribution >= 0.6 is 11.6 Å². The topological polar surface area (TPSA) is 25.2 Å². The van der Waals surface area contributed by atoms with Crippen molar-refractivity contribution < 1.29 is 4.79 Å². The third kappa shape index (κ3) is 2.22. The summed E-state index contributed by atoms with van der Waals surface area (Å²) in [6, 6.07) is 14.2. The van der Waals surface area contributed by atoms with Gasteiger partial charge in [0.25, 0.3) is 0 Å². The van der Waals surface area contributed by atoms with Crippen LogP contribution in [0, 0.1) is 0 Å². The molecule has 2 unspecified atom stereocenters. The fourth-order valence-corrected chi connectivity index (χ4v) is 2.96. The van der Waals surface area contributed by atoms with Crippen LogP contribution in [0.1, 0.15) is 24.2 Å². The van der Waals surface area contributed by atoms with E-state index in [0.29, 0.717) is 6.54 Å². The predicted molar refractivity (Wildman–Crippen MR) is 79.7 cm³/mol. The first-order valence-corrected chi connectivity index (χ1v) is 7.26. The summed E-state index contributed by atoms with van der Waals surface area (Å²) in [4.78, 5) is 14.3. The lowest BCUT2D eigenvalue weighted by molar-refractivity contribution is -0.133. The van der Waals surface area contributed by atoms with Crippen LogP contribution in [-0.4, -0.2) is 27.3 Å². The fraction of sp³-hybridized carbons (Fsp3) is 0.312. The van der Waals surface area contributed by atoms with Gasteiger partial charge in [-0.2, -0.15) is 0 Å². The molecular weight excluding hydrogens is 272 g/mol. The lowest BCUT2D eigenvalue weighted by Gasteiger charge is -2.38. The summed E-state index contributed by atoms with van der Waals surface area (Å²) in [7, 11) is 0. The Kier molecular flexibility index (Phi) is 3.53. The molecule has 0 bridgehead atoms. The minimum Gasteiger partial charge on any atom is -0.348 e. The van der Waals surface area contributed by atoms with Gasteiger partial charge in [-0.15, -0.1) is 11.6 Å². The van der Waals surface area contributed by atoms with Gasteiger partial charge in [0.2, 0.25) is 5.91 Å². The standard InChI is InChI=1S/C16H17ClN2O/c1-12(17)16(20)19-11-10-18-9-5-8-14(18)15(19)13-6-3-2-4-7-13/h2-9,12,15H,10-11H2,1H3. The largest absolute Gasteiger partial charge is 0.348 e. The van der Waals surface area contributed by atoms with Crippen LogP contribution in [0.15, 0.2) is 48.7 Å². The maximum atomic E-state index is 12.4. The molecule has 0 spiro atoms. The fourth-order valence-electron chi connectivity index (χ4n) is 2.84. The van der Waals surface area contributed by atoms with Crippen LogP contribution in [0.5, 0.6) is 0 Å². The maximum absolute atomic E-state index is 12.4. The zero-order valence-electron chi connectivity index (χ0n) is 11.4. The molecule has 1 aromatic carbocycles. The van der Waals surface area contributed by atoms with Gasteiger partial charge in [0.1, 0.15) is 5.38 Å². The van der Waals surface area contributed by atoms with Gasteiger partial charge in [0, 0.05) is 25.0 Å². The van der Waals surface area contributed by atoms with Crippen molar-refractivity contribution >= 4 is 17.5 Å². The second-order valence-electron chi connectivity index (χ2n) is 5.09. The smallest absolute Gasteiger partial charge is 0.241 e.